The lowest BCUT2D eigenvalue weighted by atomic mass is 10.1. The number of nitrogens with zero attached hydrogens (tertiary/aromatic N) is 3. The van der Waals surface area contributed by atoms with Crippen LogP contribution >= 0.6 is 0 Å². The zero-order valence-electron chi connectivity index (χ0n) is 18.0. The number of carbonyl (C=O) groups is 1. The Morgan fingerprint density at radius 3 is 2.23 bits per heavy atom. The van der Waals surface area contributed by atoms with Gasteiger partial charge in [-0.1, -0.05) is 12.1 Å². The van der Waals surface area contributed by atoms with Crippen molar-refractivity contribution < 1.29 is 9.53 Å². The van der Waals surface area contributed by atoms with E-state index in [9.17, 15) is 4.79 Å². The minimum Gasteiger partial charge on any atom is -0.378 e. The van der Waals surface area contributed by atoms with Gasteiger partial charge in [0.05, 0.1) is 19.3 Å². The zero-order chi connectivity index (χ0) is 20.9. The maximum absolute atomic E-state index is 12.8. The van der Waals surface area contributed by atoms with Crippen molar-refractivity contribution in [3.63, 3.8) is 0 Å². The summed E-state index contributed by atoms with van der Waals surface area (Å²) in [5.74, 6) is 0.0538. The summed E-state index contributed by atoms with van der Waals surface area (Å²) >= 11 is 0. The van der Waals surface area contributed by atoms with E-state index in [1.165, 1.54) is 16.9 Å². The molecule has 0 aromatic heterocycles. The van der Waals surface area contributed by atoms with Gasteiger partial charge in [-0.2, -0.15) is 0 Å². The van der Waals surface area contributed by atoms with Crippen LogP contribution in [-0.4, -0.2) is 69.3 Å². The van der Waals surface area contributed by atoms with E-state index in [4.69, 9.17) is 4.74 Å². The third kappa shape index (κ3) is 4.94. The molecule has 6 nitrogen and oxygen atoms in total. The minimum absolute atomic E-state index is 0.0538. The third-order valence-corrected chi connectivity index (χ3v) is 6.12. The molecule has 1 amide bonds. The van der Waals surface area contributed by atoms with Gasteiger partial charge in [0.15, 0.2) is 0 Å². The van der Waals surface area contributed by atoms with E-state index in [2.05, 4.69) is 63.3 Å². The molecule has 0 radical (unpaired) electrons. The molecule has 2 aliphatic heterocycles. The van der Waals surface area contributed by atoms with Crippen molar-refractivity contribution in [2.45, 2.75) is 19.9 Å². The molecule has 2 aromatic carbocycles. The number of carbonyl (C=O) groups excluding carboxylic acids is 1. The number of rotatable bonds is 5. The maximum atomic E-state index is 12.8. The van der Waals surface area contributed by atoms with Gasteiger partial charge in [0.1, 0.15) is 0 Å². The number of morpholine rings is 1. The van der Waals surface area contributed by atoms with Crippen LogP contribution in [0.25, 0.3) is 0 Å². The van der Waals surface area contributed by atoms with E-state index in [1.54, 1.807) is 0 Å². The average Bonchev–Trinajstić information content (AvgIpc) is 2.80. The van der Waals surface area contributed by atoms with Crippen molar-refractivity contribution in [3.05, 3.63) is 54.1 Å². The molecule has 2 saturated heterocycles. The number of ether oxygens (including phenoxy) is 1. The first-order chi connectivity index (χ1) is 14.6. The first-order valence-corrected chi connectivity index (χ1v) is 10.9. The lowest BCUT2D eigenvalue weighted by Gasteiger charge is -2.38. The Kier molecular flexibility index (Phi) is 6.55. The fourth-order valence-corrected chi connectivity index (χ4v) is 4.18. The van der Waals surface area contributed by atoms with Gasteiger partial charge in [0, 0.05) is 56.3 Å². The molecule has 30 heavy (non-hydrogen) atoms. The number of hydrogen-bond acceptors (Lipinski definition) is 5. The highest BCUT2D eigenvalue weighted by Crippen LogP contribution is 2.21. The summed E-state index contributed by atoms with van der Waals surface area (Å²) in [6.45, 7) is 11.1. The van der Waals surface area contributed by atoms with E-state index >= 15 is 0 Å². The molecule has 1 unspecified atom stereocenters. The Morgan fingerprint density at radius 1 is 0.900 bits per heavy atom. The third-order valence-electron chi connectivity index (χ3n) is 6.12. The summed E-state index contributed by atoms with van der Waals surface area (Å²) < 4.78 is 5.41. The molecule has 2 aromatic rings. The van der Waals surface area contributed by atoms with Crippen LogP contribution in [0.4, 0.5) is 17.1 Å². The van der Waals surface area contributed by atoms with Crippen LogP contribution in [0.2, 0.25) is 0 Å². The second kappa shape index (κ2) is 9.49. The molecule has 160 valence electrons. The molecule has 0 bridgehead atoms. The topological polar surface area (TPSA) is 48.0 Å². The molecular weight excluding hydrogens is 376 g/mol. The molecule has 2 heterocycles. The first kappa shape index (κ1) is 20.7. The molecule has 6 heteroatoms. The smallest absolute Gasteiger partial charge is 0.241 e. The number of piperazine rings is 1. The fourth-order valence-electron chi connectivity index (χ4n) is 4.18. The SMILES string of the molecule is Cc1cccc(N2CCN(C(C)C(=O)Nc3ccc(N4CCOCC4)cc3)CC2)c1. The first-order valence-electron chi connectivity index (χ1n) is 10.9. The van der Waals surface area contributed by atoms with Gasteiger partial charge in [-0.3, -0.25) is 9.69 Å². The van der Waals surface area contributed by atoms with Crippen LogP contribution in [0.15, 0.2) is 48.5 Å². The number of anilines is 3. The number of nitrogens with one attached hydrogen (secondary N) is 1. The minimum atomic E-state index is -0.149. The predicted molar refractivity (Wildman–Crippen MR) is 123 cm³/mol. The highest BCUT2D eigenvalue weighted by Gasteiger charge is 2.26. The molecule has 1 N–H and O–H groups in total. The van der Waals surface area contributed by atoms with Crippen molar-refractivity contribution in [1.29, 1.82) is 0 Å². The lowest BCUT2D eigenvalue weighted by molar-refractivity contribution is -0.120. The van der Waals surface area contributed by atoms with Gasteiger partial charge in [-0.05, 0) is 55.8 Å². The molecule has 2 fully saturated rings. The van der Waals surface area contributed by atoms with Crippen LogP contribution in [0, 0.1) is 6.92 Å². The molecule has 4 rings (SSSR count). The zero-order valence-corrected chi connectivity index (χ0v) is 18.0. The molecule has 1 atom stereocenters. The van der Waals surface area contributed by atoms with E-state index < -0.39 is 0 Å². The molecule has 0 saturated carbocycles. The van der Waals surface area contributed by atoms with Crippen LogP contribution in [0.5, 0.6) is 0 Å². The van der Waals surface area contributed by atoms with E-state index in [0.717, 1.165) is 58.2 Å². The Bertz CT molecular complexity index is 841. The Labute approximate surface area is 179 Å². The van der Waals surface area contributed by atoms with Crippen molar-refractivity contribution in [2.75, 3.05) is 67.6 Å². The second-order valence-corrected chi connectivity index (χ2v) is 8.17. The van der Waals surface area contributed by atoms with Gasteiger partial charge in [0.2, 0.25) is 5.91 Å². The second-order valence-electron chi connectivity index (χ2n) is 8.17. The van der Waals surface area contributed by atoms with Crippen molar-refractivity contribution in [2.24, 2.45) is 0 Å². The van der Waals surface area contributed by atoms with E-state index in [0.29, 0.717) is 0 Å². The summed E-state index contributed by atoms with van der Waals surface area (Å²) in [7, 11) is 0. The van der Waals surface area contributed by atoms with Crippen LogP contribution < -0.4 is 15.1 Å². The standard InChI is InChI=1S/C24H32N4O2/c1-19-4-3-5-23(18-19)27-12-10-26(11-13-27)20(2)24(29)25-21-6-8-22(9-7-21)28-14-16-30-17-15-28/h3-9,18,20H,10-17H2,1-2H3,(H,25,29). The van der Waals surface area contributed by atoms with Gasteiger partial charge in [0.25, 0.3) is 0 Å². The Hall–Kier alpha value is -2.57. The number of aryl methyl sites for hydroxylation is 1. The summed E-state index contributed by atoms with van der Waals surface area (Å²) in [6, 6.07) is 16.6. The van der Waals surface area contributed by atoms with Gasteiger partial charge >= 0.3 is 0 Å². The number of hydrogen-bond donors (Lipinski definition) is 1. The maximum Gasteiger partial charge on any atom is 0.241 e. The van der Waals surface area contributed by atoms with E-state index in [1.807, 2.05) is 19.1 Å². The summed E-state index contributed by atoms with van der Waals surface area (Å²) in [5.41, 5.74) is 4.58. The summed E-state index contributed by atoms with van der Waals surface area (Å²) in [6.07, 6.45) is 0. The van der Waals surface area contributed by atoms with Gasteiger partial charge in [-0.15, -0.1) is 0 Å². The van der Waals surface area contributed by atoms with Crippen molar-refractivity contribution in [3.8, 4) is 0 Å². The Balaban J connectivity index is 1.28. The number of benzene rings is 2. The number of amides is 1. The average molecular weight is 409 g/mol. The fraction of sp³-hybridized carbons (Fsp3) is 0.458. The van der Waals surface area contributed by atoms with Crippen LogP contribution in [0.1, 0.15) is 12.5 Å². The highest BCUT2D eigenvalue weighted by molar-refractivity contribution is 5.94. The summed E-state index contributed by atoms with van der Waals surface area (Å²) in [5, 5.41) is 3.08. The monoisotopic (exact) mass is 408 g/mol. The lowest BCUT2D eigenvalue weighted by Crippen LogP contribution is -2.52. The van der Waals surface area contributed by atoms with Gasteiger partial charge in [-0.25, -0.2) is 0 Å². The van der Waals surface area contributed by atoms with Gasteiger partial charge < -0.3 is 19.9 Å². The molecular formula is C24H32N4O2. The van der Waals surface area contributed by atoms with Crippen molar-refractivity contribution >= 4 is 23.0 Å². The van der Waals surface area contributed by atoms with Crippen LogP contribution in [-0.2, 0) is 9.53 Å². The van der Waals surface area contributed by atoms with Crippen LogP contribution in [0.3, 0.4) is 0 Å². The highest BCUT2D eigenvalue weighted by atomic mass is 16.5. The molecule has 0 spiro atoms. The van der Waals surface area contributed by atoms with E-state index in [-0.39, 0.29) is 11.9 Å². The normalized spacial score (nSPS) is 18.9. The molecule has 0 aliphatic carbocycles. The largest absolute Gasteiger partial charge is 0.378 e. The summed E-state index contributed by atoms with van der Waals surface area (Å²) in [4.78, 5) is 19.8. The van der Waals surface area contributed by atoms with Crippen molar-refractivity contribution in [1.82, 2.24) is 4.90 Å². The predicted octanol–water partition coefficient (Wildman–Crippen LogP) is 2.98. The Morgan fingerprint density at radius 2 is 1.57 bits per heavy atom. The molecule has 2 aliphatic rings. The quantitative estimate of drug-likeness (QED) is 0.824.